The highest BCUT2D eigenvalue weighted by Crippen LogP contribution is 2.04. The van der Waals surface area contributed by atoms with Crippen LogP contribution in [0, 0.1) is 0 Å². The first kappa shape index (κ1) is 12.8. The molecular formula is C7H17NO5. The SMILES string of the molecule is CNC[C@H](O)C(O)[C@H](O)[C@H](O)CO. The number of hydrogen-bond acceptors (Lipinski definition) is 6. The van der Waals surface area contributed by atoms with Crippen molar-refractivity contribution in [1.29, 1.82) is 0 Å². The highest BCUT2D eigenvalue weighted by molar-refractivity contribution is 4.81. The Morgan fingerprint density at radius 3 is 1.85 bits per heavy atom. The minimum Gasteiger partial charge on any atom is -0.394 e. The summed E-state index contributed by atoms with van der Waals surface area (Å²) in [6.45, 7) is -0.569. The number of aliphatic hydroxyl groups is 5. The highest BCUT2D eigenvalue weighted by atomic mass is 16.4. The van der Waals surface area contributed by atoms with Crippen molar-refractivity contribution in [2.75, 3.05) is 20.2 Å². The molecular weight excluding hydrogens is 178 g/mol. The second-order valence-corrected chi connectivity index (χ2v) is 2.86. The van der Waals surface area contributed by atoms with Crippen molar-refractivity contribution in [2.24, 2.45) is 0 Å². The average molecular weight is 195 g/mol. The van der Waals surface area contributed by atoms with Crippen LogP contribution in [0.15, 0.2) is 0 Å². The first-order chi connectivity index (χ1) is 6.04. The minimum atomic E-state index is -1.55. The lowest BCUT2D eigenvalue weighted by Gasteiger charge is -2.25. The number of nitrogens with one attached hydrogen (secondary N) is 1. The molecule has 4 atom stereocenters. The summed E-state index contributed by atoms with van der Waals surface area (Å²) in [6.07, 6.45) is -5.65. The van der Waals surface area contributed by atoms with E-state index in [1.165, 1.54) is 0 Å². The predicted molar refractivity (Wildman–Crippen MR) is 45.0 cm³/mol. The maximum atomic E-state index is 9.21. The van der Waals surface area contributed by atoms with E-state index >= 15 is 0 Å². The lowest BCUT2D eigenvalue weighted by molar-refractivity contribution is -0.113. The molecule has 6 heteroatoms. The fraction of sp³-hybridized carbons (Fsp3) is 1.00. The van der Waals surface area contributed by atoms with Crippen LogP contribution in [0.2, 0.25) is 0 Å². The van der Waals surface area contributed by atoms with E-state index in [4.69, 9.17) is 20.4 Å². The monoisotopic (exact) mass is 195 g/mol. The van der Waals surface area contributed by atoms with Crippen LogP contribution in [0.25, 0.3) is 0 Å². The molecule has 0 rings (SSSR count). The fourth-order valence-corrected chi connectivity index (χ4v) is 0.893. The van der Waals surface area contributed by atoms with Crippen molar-refractivity contribution < 1.29 is 25.5 Å². The topological polar surface area (TPSA) is 113 Å². The van der Waals surface area contributed by atoms with Crippen LogP contribution in [0.3, 0.4) is 0 Å². The second-order valence-electron chi connectivity index (χ2n) is 2.86. The van der Waals surface area contributed by atoms with Crippen LogP contribution in [-0.4, -0.2) is 70.1 Å². The van der Waals surface area contributed by atoms with Gasteiger partial charge in [0.15, 0.2) is 0 Å². The molecule has 0 spiro atoms. The number of hydrogen-bond donors (Lipinski definition) is 6. The van der Waals surface area contributed by atoms with Gasteiger partial charge in [-0.15, -0.1) is 0 Å². The Bertz CT molecular complexity index is 134. The molecule has 0 fully saturated rings. The fourth-order valence-electron chi connectivity index (χ4n) is 0.893. The summed E-state index contributed by atoms with van der Waals surface area (Å²) >= 11 is 0. The first-order valence-corrected chi connectivity index (χ1v) is 4.02. The third-order valence-corrected chi connectivity index (χ3v) is 1.74. The second kappa shape index (κ2) is 6.25. The predicted octanol–water partition coefficient (Wildman–Crippen LogP) is -3.36. The number of likely N-dealkylation sites (N-methyl/N-ethyl adjacent to an activating group) is 1. The summed E-state index contributed by atoms with van der Waals surface area (Å²) in [6, 6.07) is 0. The Morgan fingerprint density at radius 1 is 1.00 bits per heavy atom. The molecule has 0 saturated heterocycles. The number of rotatable bonds is 6. The van der Waals surface area contributed by atoms with E-state index in [0.29, 0.717) is 0 Å². The maximum absolute atomic E-state index is 9.21. The summed E-state index contributed by atoms with van der Waals surface area (Å²) in [7, 11) is 1.57. The van der Waals surface area contributed by atoms with Gasteiger partial charge in [-0.2, -0.15) is 0 Å². The first-order valence-electron chi connectivity index (χ1n) is 4.02. The molecule has 0 amide bonds. The van der Waals surface area contributed by atoms with Gasteiger partial charge in [-0.3, -0.25) is 0 Å². The summed E-state index contributed by atoms with van der Waals surface area (Å²) in [5, 5.41) is 47.5. The Morgan fingerprint density at radius 2 is 1.46 bits per heavy atom. The summed E-state index contributed by atoms with van der Waals surface area (Å²) in [5.41, 5.74) is 0. The van der Waals surface area contributed by atoms with Gasteiger partial charge in [0.25, 0.3) is 0 Å². The van der Waals surface area contributed by atoms with Crippen molar-refractivity contribution in [3.8, 4) is 0 Å². The molecule has 1 unspecified atom stereocenters. The lowest BCUT2D eigenvalue weighted by atomic mass is 10.0. The van der Waals surface area contributed by atoms with Crippen molar-refractivity contribution in [1.82, 2.24) is 5.32 Å². The van der Waals surface area contributed by atoms with Gasteiger partial charge in [0.1, 0.15) is 18.3 Å². The van der Waals surface area contributed by atoms with E-state index in [-0.39, 0.29) is 6.54 Å². The molecule has 80 valence electrons. The van der Waals surface area contributed by atoms with Gasteiger partial charge in [0.05, 0.1) is 12.7 Å². The molecule has 0 aliphatic heterocycles. The zero-order valence-corrected chi connectivity index (χ0v) is 7.46. The molecule has 0 aliphatic rings. The average Bonchev–Trinajstić information content (AvgIpc) is 2.14. The lowest BCUT2D eigenvalue weighted by Crippen LogP contribution is -2.48. The molecule has 6 N–H and O–H groups in total. The van der Waals surface area contributed by atoms with Crippen molar-refractivity contribution >= 4 is 0 Å². The summed E-state index contributed by atoms with van der Waals surface area (Å²) < 4.78 is 0. The van der Waals surface area contributed by atoms with Crippen molar-refractivity contribution in [2.45, 2.75) is 24.4 Å². The van der Waals surface area contributed by atoms with Gasteiger partial charge in [0, 0.05) is 6.54 Å². The third kappa shape index (κ3) is 3.99. The van der Waals surface area contributed by atoms with E-state index in [2.05, 4.69) is 5.32 Å². The zero-order valence-electron chi connectivity index (χ0n) is 7.46. The van der Waals surface area contributed by atoms with Crippen LogP contribution >= 0.6 is 0 Å². The molecule has 0 bridgehead atoms. The van der Waals surface area contributed by atoms with Gasteiger partial charge in [-0.25, -0.2) is 0 Å². The van der Waals surface area contributed by atoms with Gasteiger partial charge in [-0.1, -0.05) is 0 Å². The summed E-state index contributed by atoms with van der Waals surface area (Å²) in [5.74, 6) is 0. The summed E-state index contributed by atoms with van der Waals surface area (Å²) in [4.78, 5) is 0. The standard InChI is InChI=1S/C7H17NO5/c1-8-2-4(10)6(12)7(13)5(11)3-9/h4-13H,2-3H2,1H3/t4-,5+,6?,7+/m0/s1. The van der Waals surface area contributed by atoms with E-state index in [1.54, 1.807) is 7.05 Å². The van der Waals surface area contributed by atoms with Crippen molar-refractivity contribution in [3.05, 3.63) is 0 Å². The Hall–Kier alpha value is -0.240. The van der Waals surface area contributed by atoms with Gasteiger partial charge in [-0.05, 0) is 7.05 Å². The molecule has 0 aliphatic carbocycles. The van der Waals surface area contributed by atoms with Crippen molar-refractivity contribution in [3.63, 3.8) is 0 Å². The Labute approximate surface area is 76.4 Å². The molecule has 0 saturated carbocycles. The van der Waals surface area contributed by atoms with Crippen LogP contribution in [0.4, 0.5) is 0 Å². The zero-order chi connectivity index (χ0) is 10.4. The van der Waals surface area contributed by atoms with E-state index in [1.807, 2.05) is 0 Å². The van der Waals surface area contributed by atoms with E-state index < -0.39 is 31.0 Å². The molecule has 13 heavy (non-hydrogen) atoms. The van der Waals surface area contributed by atoms with Gasteiger partial charge < -0.3 is 30.8 Å². The number of aliphatic hydroxyl groups excluding tert-OH is 5. The smallest absolute Gasteiger partial charge is 0.111 e. The van der Waals surface area contributed by atoms with Crippen LogP contribution in [0.1, 0.15) is 0 Å². The van der Waals surface area contributed by atoms with Gasteiger partial charge in [0.2, 0.25) is 0 Å². The third-order valence-electron chi connectivity index (χ3n) is 1.74. The maximum Gasteiger partial charge on any atom is 0.111 e. The minimum absolute atomic E-state index is 0.0936. The van der Waals surface area contributed by atoms with E-state index in [0.717, 1.165) is 0 Å². The Kier molecular flexibility index (Phi) is 6.13. The largest absolute Gasteiger partial charge is 0.394 e. The molecule has 0 radical (unpaired) electrons. The van der Waals surface area contributed by atoms with Gasteiger partial charge >= 0.3 is 0 Å². The van der Waals surface area contributed by atoms with Crippen LogP contribution < -0.4 is 5.32 Å². The molecule has 0 heterocycles. The highest BCUT2D eigenvalue weighted by Gasteiger charge is 2.29. The molecule has 6 nitrogen and oxygen atoms in total. The normalized spacial score (nSPS) is 20.8. The molecule has 0 aromatic rings. The quantitative estimate of drug-likeness (QED) is 0.264. The molecule has 0 aromatic heterocycles. The van der Waals surface area contributed by atoms with Crippen LogP contribution in [0.5, 0.6) is 0 Å². The molecule has 0 aromatic carbocycles. The van der Waals surface area contributed by atoms with Crippen LogP contribution in [-0.2, 0) is 0 Å². The van der Waals surface area contributed by atoms with E-state index in [9.17, 15) is 5.11 Å². The Balaban J connectivity index is 3.99.